The molecule has 0 bridgehead atoms. The number of nitrogens with one attached hydrogen (secondary N) is 1. The summed E-state index contributed by atoms with van der Waals surface area (Å²) in [6.45, 7) is 5.18. The van der Waals surface area contributed by atoms with Gasteiger partial charge in [-0.25, -0.2) is 0 Å². The van der Waals surface area contributed by atoms with Crippen molar-refractivity contribution < 1.29 is 14.6 Å². The predicted molar refractivity (Wildman–Crippen MR) is 86.7 cm³/mol. The topological polar surface area (TPSA) is 69.9 Å². The smallest absolute Gasteiger partial charge is 0.303 e. The fourth-order valence-electron chi connectivity index (χ4n) is 2.66. The zero-order valence-electron chi connectivity index (χ0n) is 14.2. The van der Waals surface area contributed by atoms with Gasteiger partial charge in [-0.1, -0.05) is 50.2 Å². The molecule has 1 rings (SSSR count). The van der Waals surface area contributed by atoms with Crippen molar-refractivity contribution in [1.29, 1.82) is 0 Å². The summed E-state index contributed by atoms with van der Waals surface area (Å²) in [5.74, 6) is -0.668. The van der Waals surface area contributed by atoms with Gasteiger partial charge in [-0.2, -0.15) is 4.68 Å². The Balaban J connectivity index is 1.84. The summed E-state index contributed by atoms with van der Waals surface area (Å²) in [5.41, 5.74) is 2.33. The number of nitrogens with zero attached hydrogens (tertiary/aromatic N) is 2. The van der Waals surface area contributed by atoms with Crippen LogP contribution in [0, 0.1) is 13.8 Å². The van der Waals surface area contributed by atoms with Gasteiger partial charge in [0.05, 0.1) is 0 Å². The van der Waals surface area contributed by atoms with E-state index in [1.807, 2.05) is 6.92 Å². The number of hydrogen-bond acceptors (Lipinski definition) is 2. The molecule has 0 saturated heterocycles. The second-order valence-electron chi connectivity index (χ2n) is 6.21. The number of H-pyrrole nitrogens is 1. The molecule has 0 spiro atoms. The molecule has 2 N–H and O–H groups in total. The molecule has 0 amide bonds. The molecule has 1 aromatic rings. The number of carboxylic acid groups (broad SMARTS) is 1. The summed E-state index contributed by atoms with van der Waals surface area (Å²) >= 11 is 0. The Labute approximate surface area is 134 Å². The van der Waals surface area contributed by atoms with Crippen LogP contribution in [0.1, 0.15) is 82.0 Å². The van der Waals surface area contributed by atoms with Crippen molar-refractivity contribution in [1.82, 2.24) is 10.3 Å². The molecular formula is C17H32N3O2+. The molecule has 0 aliphatic carbocycles. The van der Waals surface area contributed by atoms with Crippen LogP contribution < -0.4 is 4.68 Å². The lowest BCUT2D eigenvalue weighted by molar-refractivity contribution is -0.759. The predicted octanol–water partition coefficient (Wildman–Crippen LogP) is 3.69. The maximum atomic E-state index is 10.4. The van der Waals surface area contributed by atoms with E-state index in [9.17, 15) is 4.79 Å². The molecule has 126 valence electrons. The van der Waals surface area contributed by atoms with Gasteiger partial charge >= 0.3 is 5.97 Å². The van der Waals surface area contributed by atoms with Crippen molar-refractivity contribution in [3.63, 3.8) is 0 Å². The van der Waals surface area contributed by atoms with Crippen LogP contribution in [-0.4, -0.2) is 21.4 Å². The lowest BCUT2D eigenvalue weighted by Gasteiger charge is -2.02. The Kier molecular flexibility index (Phi) is 9.51. The first-order valence-corrected chi connectivity index (χ1v) is 8.74. The Hall–Kier alpha value is -1.39. The third-order valence-electron chi connectivity index (χ3n) is 4.29. The first-order valence-electron chi connectivity index (χ1n) is 8.74. The molecule has 0 saturated carbocycles. The van der Waals surface area contributed by atoms with E-state index in [4.69, 9.17) is 5.11 Å². The Morgan fingerprint density at radius 2 is 1.45 bits per heavy atom. The highest BCUT2D eigenvalue weighted by Crippen LogP contribution is 2.11. The maximum absolute atomic E-state index is 10.4. The van der Waals surface area contributed by atoms with Gasteiger partial charge in [-0.15, -0.1) is 0 Å². The number of aryl methyl sites for hydroxylation is 2. The standard InChI is InChI=1S/C17H31N3O2/c1-15-16(2)20(19-18-15)14-12-10-8-6-4-3-5-7-9-11-13-17(21)22/h3-14H2,1-2H3,(H,21,22)/p+1. The number of rotatable bonds is 13. The molecule has 1 aromatic heterocycles. The number of hydrogen-bond donors (Lipinski definition) is 2. The lowest BCUT2D eigenvalue weighted by atomic mass is 10.1. The van der Waals surface area contributed by atoms with Crippen molar-refractivity contribution in [3.05, 3.63) is 11.4 Å². The Morgan fingerprint density at radius 3 is 1.91 bits per heavy atom. The number of carboxylic acids is 1. The normalized spacial score (nSPS) is 11.0. The molecule has 1 heterocycles. The highest BCUT2D eigenvalue weighted by molar-refractivity contribution is 5.66. The molecule has 0 unspecified atom stereocenters. The van der Waals surface area contributed by atoms with Crippen molar-refractivity contribution in [2.45, 2.75) is 91.0 Å². The number of carbonyl (C=O) groups is 1. The summed E-state index contributed by atoms with van der Waals surface area (Å²) < 4.78 is 2.13. The van der Waals surface area contributed by atoms with Crippen molar-refractivity contribution >= 4 is 5.97 Å². The second kappa shape index (κ2) is 11.2. The zero-order chi connectivity index (χ0) is 16.2. The summed E-state index contributed by atoms with van der Waals surface area (Å²) in [6, 6.07) is 0. The van der Waals surface area contributed by atoms with Gasteiger partial charge in [0.15, 0.2) is 5.69 Å². The highest BCUT2D eigenvalue weighted by Gasteiger charge is 2.10. The van der Waals surface area contributed by atoms with Crippen molar-refractivity contribution in [2.75, 3.05) is 0 Å². The van der Waals surface area contributed by atoms with Crippen molar-refractivity contribution in [3.8, 4) is 0 Å². The third-order valence-corrected chi connectivity index (χ3v) is 4.29. The molecule has 0 fully saturated rings. The molecule has 5 nitrogen and oxygen atoms in total. The van der Waals surface area contributed by atoms with Crippen LogP contribution in [0.4, 0.5) is 0 Å². The van der Waals surface area contributed by atoms with Crippen LogP contribution in [0.25, 0.3) is 0 Å². The first-order chi connectivity index (χ1) is 10.6. The first kappa shape index (κ1) is 18.7. The molecule has 0 atom stereocenters. The summed E-state index contributed by atoms with van der Waals surface area (Å²) in [6.07, 6.45) is 12.4. The molecule has 0 aromatic carbocycles. The van der Waals surface area contributed by atoms with Gasteiger partial charge < -0.3 is 5.11 Å². The van der Waals surface area contributed by atoms with Gasteiger partial charge in [-0.3, -0.25) is 4.79 Å². The number of aromatic amines is 1. The van der Waals surface area contributed by atoms with E-state index in [1.165, 1.54) is 57.1 Å². The van der Waals surface area contributed by atoms with Crippen LogP contribution in [0.2, 0.25) is 0 Å². The number of unbranched alkanes of at least 4 members (excludes halogenated alkanes) is 9. The fourth-order valence-corrected chi connectivity index (χ4v) is 2.66. The van der Waals surface area contributed by atoms with E-state index in [0.717, 1.165) is 25.1 Å². The lowest BCUT2D eigenvalue weighted by Crippen LogP contribution is -2.38. The summed E-state index contributed by atoms with van der Waals surface area (Å²) in [5, 5.41) is 15.8. The van der Waals surface area contributed by atoms with E-state index < -0.39 is 5.97 Å². The summed E-state index contributed by atoms with van der Waals surface area (Å²) in [7, 11) is 0. The van der Waals surface area contributed by atoms with E-state index in [0.29, 0.717) is 6.42 Å². The molecule has 0 aliphatic rings. The minimum Gasteiger partial charge on any atom is -0.481 e. The van der Waals surface area contributed by atoms with E-state index >= 15 is 0 Å². The minimum absolute atomic E-state index is 0.327. The van der Waals surface area contributed by atoms with E-state index in [1.54, 1.807) is 0 Å². The third kappa shape index (κ3) is 8.15. The van der Waals surface area contributed by atoms with Gasteiger partial charge in [-0.05, 0) is 19.3 Å². The summed E-state index contributed by atoms with van der Waals surface area (Å²) in [4.78, 5) is 10.4. The van der Waals surface area contributed by atoms with Crippen molar-refractivity contribution in [2.24, 2.45) is 0 Å². The van der Waals surface area contributed by atoms with Crippen LogP contribution >= 0.6 is 0 Å². The molecule has 0 radical (unpaired) electrons. The van der Waals surface area contributed by atoms with Crippen LogP contribution in [0.15, 0.2) is 0 Å². The zero-order valence-corrected chi connectivity index (χ0v) is 14.2. The molecule has 0 aliphatic heterocycles. The molecule has 5 heteroatoms. The minimum atomic E-state index is -0.668. The van der Waals surface area contributed by atoms with Gasteiger partial charge in [0, 0.05) is 25.4 Å². The molecule has 22 heavy (non-hydrogen) atoms. The second-order valence-corrected chi connectivity index (χ2v) is 6.21. The van der Waals surface area contributed by atoms with Gasteiger partial charge in [0.2, 0.25) is 5.69 Å². The maximum Gasteiger partial charge on any atom is 0.303 e. The highest BCUT2D eigenvalue weighted by atomic mass is 16.4. The average Bonchev–Trinajstić information content (AvgIpc) is 2.80. The van der Waals surface area contributed by atoms with Crippen LogP contribution in [0.3, 0.4) is 0 Å². The van der Waals surface area contributed by atoms with Gasteiger partial charge in [0.1, 0.15) is 6.54 Å². The SMILES string of the molecule is Cc1n[nH][n+](CCCCCCCCCCCCC(=O)O)c1C. The monoisotopic (exact) mass is 310 g/mol. The number of aliphatic carboxylic acids is 1. The average molecular weight is 310 g/mol. The quantitative estimate of drug-likeness (QED) is 0.431. The Morgan fingerprint density at radius 1 is 0.955 bits per heavy atom. The van der Waals surface area contributed by atoms with Crippen LogP contribution in [0.5, 0.6) is 0 Å². The largest absolute Gasteiger partial charge is 0.481 e. The van der Waals surface area contributed by atoms with E-state index in [-0.39, 0.29) is 0 Å². The molecular weight excluding hydrogens is 278 g/mol. The Bertz CT molecular complexity index is 430. The van der Waals surface area contributed by atoms with Gasteiger partial charge in [0.25, 0.3) is 0 Å². The van der Waals surface area contributed by atoms with E-state index in [2.05, 4.69) is 21.9 Å². The number of aromatic nitrogens is 3. The van der Waals surface area contributed by atoms with Crippen LogP contribution in [-0.2, 0) is 11.3 Å². The fraction of sp³-hybridized carbons (Fsp3) is 0.824.